The summed E-state index contributed by atoms with van der Waals surface area (Å²) in [7, 11) is 0. The molecule has 0 fully saturated rings. The summed E-state index contributed by atoms with van der Waals surface area (Å²) in [5.41, 5.74) is 0.978. The number of nitro benzene ring substituents is 1. The first-order chi connectivity index (χ1) is 7.41. The lowest BCUT2D eigenvalue weighted by molar-refractivity contribution is -0.385. The molecule has 1 atom stereocenters. The fourth-order valence-electron chi connectivity index (χ4n) is 1.36. The molecule has 0 aliphatic heterocycles. The van der Waals surface area contributed by atoms with Gasteiger partial charge in [-0.25, -0.2) is 4.79 Å². The minimum atomic E-state index is -1.49. The van der Waals surface area contributed by atoms with Gasteiger partial charge in [0.15, 0.2) is 6.10 Å². The van der Waals surface area contributed by atoms with Crippen LogP contribution in [0.2, 0.25) is 0 Å². The molecular formula is C10H11NO5. The van der Waals surface area contributed by atoms with E-state index in [1.165, 1.54) is 18.2 Å². The number of rotatable bonds is 4. The molecule has 6 heteroatoms. The van der Waals surface area contributed by atoms with Gasteiger partial charge in [0.1, 0.15) is 0 Å². The maximum atomic E-state index is 10.5. The Kier molecular flexibility index (Phi) is 3.57. The topological polar surface area (TPSA) is 101 Å². The second-order valence-corrected chi connectivity index (χ2v) is 3.44. The minimum absolute atomic E-state index is 0.0198. The number of hydrogen-bond acceptors (Lipinski definition) is 4. The van der Waals surface area contributed by atoms with E-state index >= 15 is 0 Å². The largest absolute Gasteiger partial charge is 0.479 e. The van der Waals surface area contributed by atoms with Gasteiger partial charge in [-0.05, 0) is 18.6 Å². The molecule has 86 valence electrons. The Balaban J connectivity index is 2.89. The highest BCUT2D eigenvalue weighted by molar-refractivity contribution is 5.72. The van der Waals surface area contributed by atoms with E-state index in [-0.39, 0.29) is 12.1 Å². The van der Waals surface area contributed by atoms with Crippen LogP contribution < -0.4 is 0 Å². The summed E-state index contributed by atoms with van der Waals surface area (Å²) in [6.07, 6.45) is -1.55. The van der Waals surface area contributed by atoms with Crippen molar-refractivity contribution in [3.05, 3.63) is 39.4 Å². The fraction of sp³-hybridized carbons (Fsp3) is 0.300. The smallest absolute Gasteiger partial charge is 0.332 e. The molecule has 0 aliphatic rings. The van der Waals surface area contributed by atoms with Gasteiger partial charge < -0.3 is 10.2 Å². The van der Waals surface area contributed by atoms with E-state index in [9.17, 15) is 14.9 Å². The molecular weight excluding hydrogens is 214 g/mol. The van der Waals surface area contributed by atoms with Crippen LogP contribution in [0.3, 0.4) is 0 Å². The number of carboxylic acid groups (broad SMARTS) is 1. The molecule has 0 heterocycles. The van der Waals surface area contributed by atoms with Gasteiger partial charge >= 0.3 is 5.97 Å². The Morgan fingerprint density at radius 3 is 2.62 bits per heavy atom. The zero-order chi connectivity index (χ0) is 12.3. The molecule has 1 aromatic rings. The molecule has 1 aromatic carbocycles. The summed E-state index contributed by atoms with van der Waals surface area (Å²) in [4.78, 5) is 20.4. The first-order valence-corrected chi connectivity index (χ1v) is 4.56. The summed E-state index contributed by atoms with van der Waals surface area (Å²) in [5.74, 6) is -1.31. The second-order valence-electron chi connectivity index (χ2n) is 3.44. The summed E-state index contributed by atoms with van der Waals surface area (Å²) in [6, 6.07) is 4.25. The number of carbonyl (C=O) groups is 1. The van der Waals surface area contributed by atoms with Crippen LogP contribution in [0, 0.1) is 17.0 Å². The Morgan fingerprint density at radius 1 is 1.56 bits per heavy atom. The number of benzene rings is 1. The van der Waals surface area contributed by atoms with Gasteiger partial charge in [-0.2, -0.15) is 0 Å². The van der Waals surface area contributed by atoms with Crippen molar-refractivity contribution in [3.63, 3.8) is 0 Å². The van der Waals surface area contributed by atoms with Crippen LogP contribution in [0.15, 0.2) is 18.2 Å². The van der Waals surface area contributed by atoms with Crippen molar-refractivity contribution < 1.29 is 19.9 Å². The Morgan fingerprint density at radius 2 is 2.19 bits per heavy atom. The van der Waals surface area contributed by atoms with Crippen LogP contribution in [0.25, 0.3) is 0 Å². The highest BCUT2D eigenvalue weighted by Crippen LogP contribution is 2.19. The van der Waals surface area contributed by atoms with Crippen molar-refractivity contribution in [2.24, 2.45) is 0 Å². The van der Waals surface area contributed by atoms with Crippen LogP contribution in [-0.2, 0) is 11.2 Å². The number of nitro groups is 1. The van der Waals surface area contributed by atoms with Crippen LogP contribution in [-0.4, -0.2) is 27.2 Å². The maximum absolute atomic E-state index is 10.5. The number of aliphatic carboxylic acids is 1. The Labute approximate surface area is 91.3 Å². The van der Waals surface area contributed by atoms with Crippen molar-refractivity contribution in [2.45, 2.75) is 19.4 Å². The van der Waals surface area contributed by atoms with Gasteiger partial charge in [0.25, 0.3) is 5.69 Å². The molecule has 0 saturated heterocycles. The van der Waals surface area contributed by atoms with Gasteiger partial charge in [-0.3, -0.25) is 10.1 Å². The molecule has 2 N–H and O–H groups in total. The average Bonchev–Trinajstić information content (AvgIpc) is 2.16. The fourth-order valence-corrected chi connectivity index (χ4v) is 1.36. The zero-order valence-corrected chi connectivity index (χ0v) is 8.58. The van der Waals surface area contributed by atoms with E-state index in [0.717, 1.165) is 0 Å². The predicted molar refractivity (Wildman–Crippen MR) is 55.2 cm³/mol. The van der Waals surface area contributed by atoms with Crippen LogP contribution in [0.4, 0.5) is 5.69 Å². The molecule has 1 rings (SSSR count). The molecule has 16 heavy (non-hydrogen) atoms. The third-order valence-corrected chi connectivity index (χ3v) is 2.17. The number of hydrogen-bond donors (Lipinski definition) is 2. The summed E-state index contributed by atoms with van der Waals surface area (Å²) < 4.78 is 0. The molecule has 0 aromatic heterocycles. The molecule has 6 nitrogen and oxygen atoms in total. The van der Waals surface area contributed by atoms with Gasteiger partial charge in [-0.15, -0.1) is 0 Å². The lowest BCUT2D eigenvalue weighted by atomic mass is 10.0. The third-order valence-electron chi connectivity index (χ3n) is 2.17. The lowest BCUT2D eigenvalue weighted by Crippen LogP contribution is -2.21. The van der Waals surface area contributed by atoms with Crippen molar-refractivity contribution in [1.29, 1.82) is 0 Å². The van der Waals surface area contributed by atoms with Crippen LogP contribution >= 0.6 is 0 Å². The van der Waals surface area contributed by atoms with Gasteiger partial charge in [0, 0.05) is 18.1 Å². The quantitative estimate of drug-likeness (QED) is 0.585. The maximum Gasteiger partial charge on any atom is 0.332 e. The molecule has 0 saturated carbocycles. The van der Waals surface area contributed by atoms with E-state index in [1.807, 2.05) is 0 Å². The highest BCUT2D eigenvalue weighted by atomic mass is 16.6. The van der Waals surface area contributed by atoms with Crippen molar-refractivity contribution in [3.8, 4) is 0 Å². The third kappa shape index (κ3) is 2.77. The molecule has 0 bridgehead atoms. The zero-order valence-electron chi connectivity index (χ0n) is 8.58. The molecule has 0 amide bonds. The number of nitrogens with zero attached hydrogens (tertiary/aromatic N) is 1. The minimum Gasteiger partial charge on any atom is -0.479 e. The monoisotopic (exact) mass is 225 g/mol. The van der Waals surface area contributed by atoms with Gasteiger partial charge in [-0.1, -0.05) is 6.07 Å². The van der Waals surface area contributed by atoms with E-state index in [4.69, 9.17) is 10.2 Å². The lowest BCUT2D eigenvalue weighted by Gasteiger charge is -2.06. The SMILES string of the molecule is Cc1cc(CC(O)C(=O)O)ccc1[N+](=O)[O-]. The summed E-state index contributed by atoms with van der Waals surface area (Å²) in [6.45, 7) is 1.56. The van der Waals surface area contributed by atoms with Gasteiger partial charge in [0.2, 0.25) is 0 Å². The van der Waals surface area contributed by atoms with Crippen LogP contribution in [0.1, 0.15) is 11.1 Å². The number of aliphatic hydroxyl groups is 1. The molecule has 0 radical (unpaired) electrons. The normalized spacial score (nSPS) is 12.1. The van der Waals surface area contributed by atoms with E-state index in [0.29, 0.717) is 11.1 Å². The summed E-state index contributed by atoms with van der Waals surface area (Å²) in [5, 5.41) is 28.1. The van der Waals surface area contributed by atoms with E-state index < -0.39 is 17.0 Å². The standard InChI is InChI=1S/C10H11NO5/c1-6-4-7(5-9(12)10(13)14)2-3-8(6)11(15)16/h2-4,9,12H,5H2,1H3,(H,13,14). The van der Waals surface area contributed by atoms with Gasteiger partial charge in [0.05, 0.1) is 4.92 Å². The van der Waals surface area contributed by atoms with Crippen LogP contribution in [0.5, 0.6) is 0 Å². The number of carboxylic acids is 1. The highest BCUT2D eigenvalue weighted by Gasteiger charge is 2.16. The molecule has 0 aliphatic carbocycles. The van der Waals surface area contributed by atoms with Crippen molar-refractivity contribution in [2.75, 3.05) is 0 Å². The van der Waals surface area contributed by atoms with E-state index in [2.05, 4.69) is 0 Å². The Hall–Kier alpha value is -1.95. The number of aryl methyl sites for hydroxylation is 1. The van der Waals surface area contributed by atoms with Crippen molar-refractivity contribution >= 4 is 11.7 Å². The average molecular weight is 225 g/mol. The Bertz CT molecular complexity index is 429. The molecule has 0 spiro atoms. The van der Waals surface area contributed by atoms with Crippen molar-refractivity contribution in [1.82, 2.24) is 0 Å². The number of aliphatic hydroxyl groups excluding tert-OH is 1. The first kappa shape index (κ1) is 12.1. The summed E-state index contributed by atoms with van der Waals surface area (Å²) >= 11 is 0. The second kappa shape index (κ2) is 4.71. The predicted octanol–water partition coefficient (Wildman–Crippen LogP) is 0.891. The van der Waals surface area contributed by atoms with E-state index in [1.54, 1.807) is 6.92 Å². The molecule has 1 unspecified atom stereocenters. The first-order valence-electron chi connectivity index (χ1n) is 4.56.